The van der Waals surface area contributed by atoms with E-state index in [4.69, 9.17) is 4.74 Å². The van der Waals surface area contributed by atoms with Gasteiger partial charge in [-0.3, -0.25) is 4.79 Å². The molecule has 1 spiro atoms. The number of piperidine rings is 1. The van der Waals surface area contributed by atoms with Gasteiger partial charge >= 0.3 is 5.97 Å². The van der Waals surface area contributed by atoms with Gasteiger partial charge in [-0.15, -0.1) is 0 Å². The summed E-state index contributed by atoms with van der Waals surface area (Å²) >= 11 is 0. The first-order valence-electron chi connectivity index (χ1n) is 8.81. The SMILES string of the molecule is CCNC(CCN1CCC2(CCCC2)CC1)C(=O)OCC. The molecule has 1 aliphatic heterocycles. The van der Waals surface area contributed by atoms with Crippen molar-refractivity contribution in [3.63, 3.8) is 0 Å². The molecule has 1 unspecified atom stereocenters. The van der Waals surface area contributed by atoms with Gasteiger partial charge in [0.1, 0.15) is 6.04 Å². The van der Waals surface area contributed by atoms with Gasteiger partial charge < -0.3 is 15.0 Å². The third-order valence-corrected chi connectivity index (χ3v) is 5.34. The summed E-state index contributed by atoms with van der Waals surface area (Å²) in [4.78, 5) is 14.4. The predicted octanol–water partition coefficient (Wildman–Crippen LogP) is 2.57. The second-order valence-electron chi connectivity index (χ2n) is 6.70. The van der Waals surface area contributed by atoms with Gasteiger partial charge in [-0.1, -0.05) is 19.8 Å². The molecule has 1 saturated heterocycles. The molecule has 0 bridgehead atoms. The van der Waals surface area contributed by atoms with Crippen LogP contribution in [0.15, 0.2) is 0 Å². The van der Waals surface area contributed by atoms with E-state index in [0.717, 1.165) is 19.5 Å². The first-order chi connectivity index (χ1) is 10.2. The first-order valence-corrected chi connectivity index (χ1v) is 8.81. The average Bonchev–Trinajstić information content (AvgIpc) is 2.94. The molecule has 1 N–H and O–H groups in total. The fraction of sp³-hybridized carbons (Fsp3) is 0.941. The molecular formula is C17H32N2O2. The lowest BCUT2D eigenvalue weighted by Crippen LogP contribution is -2.44. The van der Waals surface area contributed by atoms with Crippen LogP contribution in [0.4, 0.5) is 0 Å². The van der Waals surface area contributed by atoms with Crippen LogP contribution in [0.2, 0.25) is 0 Å². The Bertz CT molecular complexity index is 317. The van der Waals surface area contributed by atoms with Gasteiger partial charge in [0.2, 0.25) is 0 Å². The molecule has 0 radical (unpaired) electrons. The number of hydrogen-bond acceptors (Lipinski definition) is 4. The van der Waals surface area contributed by atoms with Crippen molar-refractivity contribution < 1.29 is 9.53 Å². The van der Waals surface area contributed by atoms with Gasteiger partial charge in [0.25, 0.3) is 0 Å². The van der Waals surface area contributed by atoms with Crippen LogP contribution >= 0.6 is 0 Å². The van der Waals surface area contributed by atoms with Gasteiger partial charge in [-0.25, -0.2) is 0 Å². The highest BCUT2D eigenvalue weighted by Gasteiger charge is 2.36. The molecule has 21 heavy (non-hydrogen) atoms. The summed E-state index contributed by atoms with van der Waals surface area (Å²) in [6, 6.07) is -0.141. The van der Waals surface area contributed by atoms with Crippen molar-refractivity contribution in [2.45, 2.75) is 64.8 Å². The number of rotatable bonds is 7. The molecule has 4 nitrogen and oxygen atoms in total. The predicted molar refractivity (Wildman–Crippen MR) is 85.3 cm³/mol. The summed E-state index contributed by atoms with van der Waals surface area (Å²) in [5.74, 6) is -0.0939. The Labute approximate surface area is 129 Å². The van der Waals surface area contributed by atoms with Crippen LogP contribution in [0.1, 0.15) is 58.8 Å². The maximum Gasteiger partial charge on any atom is 0.323 e. The lowest BCUT2D eigenvalue weighted by Gasteiger charge is -2.39. The minimum Gasteiger partial charge on any atom is -0.465 e. The van der Waals surface area contributed by atoms with Crippen molar-refractivity contribution in [1.82, 2.24) is 10.2 Å². The number of carbonyl (C=O) groups is 1. The maximum absolute atomic E-state index is 11.9. The minimum absolute atomic E-state index is 0.0939. The van der Waals surface area contributed by atoms with Crippen LogP contribution in [0.25, 0.3) is 0 Å². The molecular weight excluding hydrogens is 264 g/mol. The normalized spacial score (nSPS) is 23.3. The van der Waals surface area contributed by atoms with Gasteiger partial charge in [0, 0.05) is 6.54 Å². The lowest BCUT2D eigenvalue weighted by molar-refractivity contribution is -0.146. The van der Waals surface area contributed by atoms with Crippen LogP contribution < -0.4 is 5.32 Å². The van der Waals surface area contributed by atoms with Crippen LogP contribution in [0.3, 0.4) is 0 Å². The van der Waals surface area contributed by atoms with Crippen LogP contribution in [-0.4, -0.2) is 49.7 Å². The van der Waals surface area contributed by atoms with Gasteiger partial charge in [0.15, 0.2) is 0 Å². The maximum atomic E-state index is 11.9. The smallest absolute Gasteiger partial charge is 0.323 e. The molecule has 4 heteroatoms. The molecule has 1 aliphatic carbocycles. The molecule has 1 saturated carbocycles. The van der Waals surface area contributed by atoms with E-state index in [9.17, 15) is 4.79 Å². The van der Waals surface area contributed by atoms with Gasteiger partial charge in [0.05, 0.1) is 6.61 Å². The molecule has 0 amide bonds. The van der Waals surface area contributed by atoms with Crippen molar-refractivity contribution in [2.24, 2.45) is 5.41 Å². The summed E-state index contributed by atoms with van der Waals surface area (Å²) in [7, 11) is 0. The topological polar surface area (TPSA) is 41.6 Å². The largest absolute Gasteiger partial charge is 0.465 e. The van der Waals surface area contributed by atoms with Gasteiger partial charge in [-0.2, -0.15) is 0 Å². The Morgan fingerprint density at radius 1 is 1.19 bits per heavy atom. The van der Waals surface area contributed by atoms with E-state index in [1.165, 1.54) is 51.6 Å². The van der Waals surface area contributed by atoms with E-state index in [1.807, 2.05) is 13.8 Å². The highest BCUT2D eigenvalue weighted by molar-refractivity contribution is 5.75. The minimum atomic E-state index is -0.141. The van der Waals surface area contributed by atoms with E-state index in [1.54, 1.807) is 0 Å². The van der Waals surface area contributed by atoms with Crippen LogP contribution in [0.5, 0.6) is 0 Å². The Morgan fingerprint density at radius 3 is 2.43 bits per heavy atom. The zero-order chi connectivity index (χ0) is 15.1. The summed E-state index contributed by atoms with van der Waals surface area (Å²) in [6.07, 6.45) is 9.35. The Morgan fingerprint density at radius 2 is 1.86 bits per heavy atom. The fourth-order valence-electron chi connectivity index (χ4n) is 3.98. The quantitative estimate of drug-likeness (QED) is 0.733. The standard InChI is InChI=1S/C17H32N2O2/c1-3-18-15(16(20)21-4-2)7-12-19-13-10-17(11-14-19)8-5-6-9-17/h15,18H,3-14H2,1-2H3. The van der Waals surface area contributed by atoms with Crippen molar-refractivity contribution in [1.29, 1.82) is 0 Å². The molecule has 2 fully saturated rings. The number of ether oxygens (including phenoxy) is 1. The zero-order valence-electron chi connectivity index (χ0n) is 13.8. The lowest BCUT2D eigenvalue weighted by atomic mass is 9.77. The van der Waals surface area contributed by atoms with E-state index in [-0.39, 0.29) is 12.0 Å². The first kappa shape index (κ1) is 16.8. The molecule has 2 rings (SSSR count). The van der Waals surface area contributed by atoms with E-state index >= 15 is 0 Å². The summed E-state index contributed by atoms with van der Waals surface area (Å²) in [5.41, 5.74) is 0.679. The third kappa shape index (κ3) is 4.68. The Balaban J connectivity index is 1.73. The average molecular weight is 296 g/mol. The number of nitrogens with one attached hydrogen (secondary N) is 1. The summed E-state index contributed by atoms with van der Waals surface area (Å²) < 4.78 is 5.15. The summed E-state index contributed by atoms with van der Waals surface area (Å²) in [5, 5.41) is 3.25. The highest BCUT2D eigenvalue weighted by atomic mass is 16.5. The molecule has 0 aromatic heterocycles. The number of likely N-dealkylation sites (tertiary alicyclic amines) is 1. The molecule has 0 aromatic carbocycles. The molecule has 1 atom stereocenters. The number of hydrogen-bond donors (Lipinski definition) is 1. The second kappa shape index (κ2) is 8.14. The van der Waals surface area contributed by atoms with Crippen LogP contribution in [-0.2, 0) is 9.53 Å². The second-order valence-corrected chi connectivity index (χ2v) is 6.70. The monoisotopic (exact) mass is 296 g/mol. The Hall–Kier alpha value is -0.610. The molecule has 2 aliphatic rings. The zero-order valence-corrected chi connectivity index (χ0v) is 13.8. The van der Waals surface area contributed by atoms with Crippen LogP contribution in [0, 0.1) is 5.41 Å². The molecule has 1 heterocycles. The van der Waals surface area contributed by atoms with Crippen molar-refractivity contribution in [3.8, 4) is 0 Å². The van der Waals surface area contributed by atoms with Gasteiger partial charge in [-0.05, 0) is 64.1 Å². The van der Waals surface area contributed by atoms with E-state index in [0.29, 0.717) is 12.0 Å². The highest BCUT2D eigenvalue weighted by Crippen LogP contribution is 2.46. The van der Waals surface area contributed by atoms with E-state index < -0.39 is 0 Å². The van der Waals surface area contributed by atoms with Crippen molar-refractivity contribution in [3.05, 3.63) is 0 Å². The van der Waals surface area contributed by atoms with Crippen molar-refractivity contribution >= 4 is 5.97 Å². The number of likely N-dealkylation sites (N-methyl/N-ethyl adjacent to an activating group) is 1. The molecule has 0 aromatic rings. The molecule has 122 valence electrons. The fourth-order valence-corrected chi connectivity index (χ4v) is 3.98. The third-order valence-electron chi connectivity index (χ3n) is 5.34. The van der Waals surface area contributed by atoms with Crippen molar-refractivity contribution in [2.75, 3.05) is 32.8 Å². The number of esters is 1. The number of carbonyl (C=O) groups excluding carboxylic acids is 1. The Kier molecular flexibility index (Phi) is 6.49. The van der Waals surface area contributed by atoms with E-state index in [2.05, 4.69) is 10.2 Å². The number of nitrogens with zero attached hydrogens (tertiary/aromatic N) is 1. The summed E-state index contributed by atoms with van der Waals surface area (Å²) in [6.45, 7) is 8.61.